The topological polar surface area (TPSA) is 130 Å². The molecule has 0 aromatic heterocycles. The molecule has 0 saturated carbocycles. The minimum Gasteiger partial charge on any atom is -0.326 e. The maximum Gasteiger partial charge on any atom is 0.319 e. The fourth-order valence-electron chi connectivity index (χ4n) is 2.34. The zero-order valence-corrected chi connectivity index (χ0v) is 15.8. The predicted octanol–water partition coefficient (Wildman–Crippen LogP) is 2.12. The van der Waals surface area contributed by atoms with E-state index in [9.17, 15) is 18.0 Å². The van der Waals surface area contributed by atoms with Crippen LogP contribution < -0.4 is 21.1 Å². The molecule has 0 aliphatic heterocycles. The number of primary sulfonamides is 1. The maximum atomic E-state index is 12.6. The molecule has 0 spiro atoms. The van der Waals surface area contributed by atoms with Crippen LogP contribution in [0.5, 0.6) is 0 Å². The van der Waals surface area contributed by atoms with E-state index in [4.69, 9.17) is 5.14 Å². The number of para-hydroxylation sites is 1. The van der Waals surface area contributed by atoms with Gasteiger partial charge in [0.1, 0.15) is 6.04 Å². The number of benzene rings is 2. The van der Waals surface area contributed by atoms with Gasteiger partial charge in [-0.15, -0.1) is 0 Å². The summed E-state index contributed by atoms with van der Waals surface area (Å²) in [5.74, 6) is -0.673. The molecule has 0 radical (unpaired) electrons. The van der Waals surface area contributed by atoms with Crippen LogP contribution in [0.25, 0.3) is 0 Å². The van der Waals surface area contributed by atoms with Gasteiger partial charge in [-0.1, -0.05) is 38.1 Å². The monoisotopic (exact) mass is 390 g/mol. The number of carbonyl (C=O) groups excluding carboxylic acids is 2. The highest BCUT2D eigenvalue weighted by atomic mass is 32.2. The van der Waals surface area contributed by atoms with E-state index in [0.717, 1.165) is 0 Å². The summed E-state index contributed by atoms with van der Waals surface area (Å²) >= 11 is 0. The SMILES string of the molecule is CC(C)[C@H](NC(=O)Nc1ccccc1)C(=O)Nc1cccc(S(N)(=O)=O)c1. The molecule has 0 bridgehead atoms. The smallest absolute Gasteiger partial charge is 0.319 e. The third-order valence-electron chi connectivity index (χ3n) is 3.70. The molecule has 0 aliphatic carbocycles. The van der Waals surface area contributed by atoms with Crippen LogP contribution in [-0.4, -0.2) is 26.4 Å². The predicted molar refractivity (Wildman–Crippen MR) is 104 cm³/mol. The van der Waals surface area contributed by atoms with Crippen molar-refractivity contribution < 1.29 is 18.0 Å². The molecular weight excluding hydrogens is 368 g/mol. The number of hydrogen-bond acceptors (Lipinski definition) is 4. The Morgan fingerprint density at radius 1 is 0.926 bits per heavy atom. The van der Waals surface area contributed by atoms with Crippen molar-refractivity contribution in [2.45, 2.75) is 24.8 Å². The normalized spacial score (nSPS) is 12.3. The van der Waals surface area contributed by atoms with Crippen LogP contribution in [0, 0.1) is 5.92 Å². The fraction of sp³-hybridized carbons (Fsp3) is 0.222. The molecule has 0 fully saturated rings. The van der Waals surface area contributed by atoms with Gasteiger partial charge in [0.05, 0.1) is 4.90 Å². The molecule has 5 N–H and O–H groups in total. The summed E-state index contributed by atoms with van der Waals surface area (Å²) in [6, 6.07) is 13.1. The van der Waals surface area contributed by atoms with Gasteiger partial charge in [-0.05, 0) is 36.2 Å². The lowest BCUT2D eigenvalue weighted by Crippen LogP contribution is -2.48. The van der Waals surface area contributed by atoms with Gasteiger partial charge in [-0.2, -0.15) is 0 Å². The van der Waals surface area contributed by atoms with E-state index >= 15 is 0 Å². The summed E-state index contributed by atoms with van der Waals surface area (Å²) < 4.78 is 22.9. The zero-order chi connectivity index (χ0) is 20.0. The third-order valence-corrected chi connectivity index (χ3v) is 4.61. The number of hydrogen-bond donors (Lipinski definition) is 4. The van der Waals surface area contributed by atoms with Gasteiger partial charge in [-0.25, -0.2) is 18.4 Å². The molecule has 0 unspecified atom stereocenters. The van der Waals surface area contributed by atoms with Gasteiger partial charge >= 0.3 is 6.03 Å². The Balaban J connectivity index is 2.08. The quantitative estimate of drug-likeness (QED) is 0.602. The second-order valence-corrected chi connectivity index (χ2v) is 7.81. The molecule has 0 saturated heterocycles. The van der Waals surface area contributed by atoms with Gasteiger partial charge in [0.25, 0.3) is 0 Å². The van der Waals surface area contributed by atoms with Crippen LogP contribution in [0.4, 0.5) is 16.2 Å². The Hall–Kier alpha value is -2.91. The number of rotatable bonds is 6. The Labute approximate surface area is 158 Å². The molecule has 2 rings (SSSR count). The molecule has 144 valence electrons. The van der Waals surface area contributed by atoms with Crippen molar-refractivity contribution in [2.75, 3.05) is 10.6 Å². The first kappa shape index (κ1) is 20.4. The second-order valence-electron chi connectivity index (χ2n) is 6.25. The van der Waals surface area contributed by atoms with Crippen molar-refractivity contribution in [1.29, 1.82) is 0 Å². The van der Waals surface area contributed by atoms with Crippen molar-refractivity contribution in [3.63, 3.8) is 0 Å². The maximum absolute atomic E-state index is 12.6. The lowest BCUT2D eigenvalue weighted by atomic mass is 10.0. The fourth-order valence-corrected chi connectivity index (χ4v) is 2.90. The lowest BCUT2D eigenvalue weighted by Gasteiger charge is -2.22. The number of nitrogens with two attached hydrogens (primary N) is 1. The number of urea groups is 1. The van der Waals surface area contributed by atoms with Gasteiger partial charge in [-0.3, -0.25) is 4.79 Å². The number of nitrogens with one attached hydrogen (secondary N) is 3. The van der Waals surface area contributed by atoms with E-state index in [1.54, 1.807) is 38.1 Å². The van der Waals surface area contributed by atoms with Crippen molar-refractivity contribution in [2.24, 2.45) is 11.1 Å². The standard InChI is InChI=1S/C18H22N4O4S/c1-12(2)16(22-18(24)21-13-7-4-3-5-8-13)17(23)20-14-9-6-10-15(11-14)27(19,25)26/h3-12,16H,1-2H3,(H,20,23)(H2,19,25,26)(H2,21,22,24)/t16-/m0/s1. The van der Waals surface area contributed by atoms with Crippen LogP contribution in [0.2, 0.25) is 0 Å². The summed E-state index contributed by atoms with van der Waals surface area (Å²) in [7, 11) is -3.88. The molecule has 3 amide bonds. The highest BCUT2D eigenvalue weighted by Crippen LogP contribution is 2.15. The second kappa shape index (κ2) is 8.65. The van der Waals surface area contributed by atoms with Crippen LogP contribution in [-0.2, 0) is 14.8 Å². The summed E-state index contributed by atoms with van der Waals surface area (Å²) in [6.07, 6.45) is 0. The molecule has 0 aliphatic rings. The van der Waals surface area contributed by atoms with E-state index in [1.807, 2.05) is 6.07 Å². The number of carbonyl (C=O) groups is 2. The summed E-state index contributed by atoms with van der Waals surface area (Å²) in [6.45, 7) is 3.57. The van der Waals surface area contributed by atoms with E-state index < -0.39 is 28.0 Å². The number of amides is 3. The Bertz CT molecular complexity index is 914. The molecule has 2 aromatic rings. The van der Waals surface area contributed by atoms with Crippen LogP contribution in [0.1, 0.15) is 13.8 Å². The molecule has 8 nitrogen and oxygen atoms in total. The first-order valence-corrected chi connectivity index (χ1v) is 9.78. The lowest BCUT2D eigenvalue weighted by molar-refractivity contribution is -0.118. The van der Waals surface area contributed by atoms with Gasteiger partial charge in [0.15, 0.2) is 0 Å². The van der Waals surface area contributed by atoms with Gasteiger partial charge in [0.2, 0.25) is 15.9 Å². The molecule has 27 heavy (non-hydrogen) atoms. The van der Waals surface area contributed by atoms with Crippen molar-refractivity contribution in [3.05, 3.63) is 54.6 Å². The van der Waals surface area contributed by atoms with E-state index in [1.165, 1.54) is 24.3 Å². The average Bonchev–Trinajstić information content (AvgIpc) is 2.59. The highest BCUT2D eigenvalue weighted by Gasteiger charge is 2.24. The molecular formula is C18H22N4O4S. The Morgan fingerprint density at radius 3 is 2.15 bits per heavy atom. The highest BCUT2D eigenvalue weighted by molar-refractivity contribution is 7.89. The number of sulfonamides is 1. The minimum atomic E-state index is -3.88. The van der Waals surface area contributed by atoms with Gasteiger partial charge < -0.3 is 16.0 Å². The Kier molecular flexibility index (Phi) is 6.54. The number of anilines is 2. The van der Waals surface area contributed by atoms with Crippen molar-refractivity contribution >= 4 is 33.3 Å². The summed E-state index contributed by atoms with van der Waals surface area (Å²) in [5.41, 5.74) is 0.862. The third kappa shape index (κ3) is 6.08. The Morgan fingerprint density at radius 2 is 1.56 bits per heavy atom. The van der Waals surface area contributed by atoms with Crippen LogP contribution >= 0.6 is 0 Å². The van der Waals surface area contributed by atoms with E-state index in [2.05, 4.69) is 16.0 Å². The average molecular weight is 390 g/mol. The minimum absolute atomic E-state index is 0.115. The summed E-state index contributed by atoms with van der Waals surface area (Å²) in [5, 5.41) is 13.0. The molecule has 1 atom stereocenters. The molecule has 0 heterocycles. The first-order chi connectivity index (χ1) is 12.7. The van der Waals surface area contributed by atoms with E-state index in [-0.39, 0.29) is 16.5 Å². The van der Waals surface area contributed by atoms with Crippen LogP contribution in [0.15, 0.2) is 59.5 Å². The zero-order valence-electron chi connectivity index (χ0n) is 15.0. The van der Waals surface area contributed by atoms with Crippen LogP contribution in [0.3, 0.4) is 0 Å². The first-order valence-electron chi connectivity index (χ1n) is 8.23. The molecule has 2 aromatic carbocycles. The van der Waals surface area contributed by atoms with Crippen molar-refractivity contribution in [3.8, 4) is 0 Å². The summed E-state index contributed by atoms with van der Waals surface area (Å²) in [4.78, 5) is 24.6. The largest absolute Gasteiger partial charge is 0.326 e. The van der Waals surface area contributed by atoms with E-state index in [0.29, 0.717) is 5.69 Å². The van der Waals surface area contributed by atoms with Crippen molar-refractivity contribution in [1.82, 2.24) is 5.32 Å². The van der Waals surface area contributed by atoms with Gasteiger partial charge in [0, 0.05) is 11.4 Å². The molecule has 9 heteroatoms.